The van der Waals surface area contributed by atoms with Gasteiger partial charge in [-0.1, -0.05) is 29.8 Å². The summed E-state index contributed by atoms with van der Waals surface area (Å²) in [5, 5.41) is 13.6. The molecule has 2 amide bonds. The zero-order valence-corrected chi connectivity index (χ0v) is 32.5. The van der Waals surface area contributed by atoms with Gasteiger partial charge in [-0.3, -0.25) is 24.3 Å². The summed E-state index contributed by atoms with van der Waals surface area (Å²) in [5.74, 6) is -1.39. The predicted octanol–water partition coefficient (Wildman–Crippen LogP) is 6.92. The first-order valence-electron chi connectivity index (χ1n) is 19.0. The molecule has 2 N–H and O–H groups in total. The molecule has 0 radical (unpaired) electrons. The Morgan fingerprint density at radius 3 is 2.55 bits per heavy atom. The number of aromatic amines is 2. The van der Waals surface area contributed by atoms with Crippen LogP contribution in [-0.2, 0) is 17.8 Å². The molecule has 11 nitrogen and oxygen atoms in total. The molecule has 0 unspecified atom stereocenters. The highest BCUT2D eigenvalue weighted by Crippen LogP contribution is 2.41. The second-order valence-corrected chi connectivity index (χ2v) is 15.2. The Bertz CT molecular complexity index is 2460. The summed E-state index contributed by atoms with van der Waals surface area (Å²) in [5.41, 5.74) is 5.77. The van der Waals surface area contributed by atoms with E-state index in [4.69, 9.17) is 11.6 Å². The number of nitrogens with zero attached hydrogens (tertiary/aromatic N) is 7. The average Bonchev–Trinajstić information content (AvgIpc) is 3.98. The van der Waals surface area contributed by atoms with Crippen LogP contribution < -0.4 is 4.90 Å². The zero-order chi connectivity index (χ0) is 39.1. The maximum atomic E-state index is 16.6. The molecule has 0 atom stereocenters. The van der Waals surface area contributed by atoms with E-state index in [0.717, 1.165) is 37.3 Å². The van der Waals surface area contributed by atoms with Crippen LogP contribution in [0.5, 0.6) is 0 Å². The van der Waals surface area contributed by atoms with Gasteiger partial charge in [0.25, 0.3) is 5.91 Å². The maximum absolute atomic E-state index is 16.6. The largest absolute Gasteiger partial charge is 0.367 e. The van der Waals surface area contributed by atoms with E-state index in [1.54, 1.807) is 60.3 Å². The lowest BCUT2D eigenvalue weighted by Crippen LogP contribution is -2.47. The highest BCUT2D eigenvalue weighted by Gasteiger charge is 2.27. The summed E-state index contributed by atoms with van der Waals surface area (Å²) in [6.07, 6.45) is 7.10. The van der Waals surface area contributed by atoms with Crippen molar-refractivity contribution in [2.75, 3.05) is 64.8 Å². The quantitative estimate of drug-likeness (QED) is 0.156. The van der Waals surface area contributed by atoms with Crippen LogP contribution in [0, 0.1) is 18.6 Å². The molecule has 6 aromatic rings. The average molecular weight is 780 g/mol. The van der Waals surface area contributed by atoms with Crippen molar-refractivity contribution < 1.29 is 18.4 Å². The van der Waals surface area contributed by atoms with Crippen molar-refractivity contribution >= 4 is 56.5 Å². The molecule has 5 heterocycles. The van der Waals surface area contributed by atoms with Crippen LogP contribution in [0.3, 0.4) is 0 Å². The van der Waals surface area contributed by atoms with E-state index in [-0.39, 0.29) is 41.6 Å². The van der Waals surface area contributed by atoms with Crippen molar-refractivity contribution in [1.29, 1.82) is 0 Å². The van der Waals surface area contributed by atoms with Gasteiger partial charge in [-0.05, 0) is 72.9 Å². The molecule has 2 aliphatic rings. The van der Waals surface area contributed by atoms with E-state index in [1.165, 1.54) is 21.9 Å². The van der Waals surface area contributed by atoms with Gasteiger partial charge in [0.1, 0.15) is 11.5 Å². The van der Waals surface area contributed by atoms with Crippen LogP contribution in [0.15, 0.2) is 67.0 Å². The first-order valence-corrected chi connectivity index (χ1v) is 19.3. The maximum Gasteiger partial charge on any atom is 0.269 e. The topological polar surface area (TPSA) is 109 Å². The minimum atomic E-state index is -0.554. The summed E-state index contributed by atoms with van der Waals surface area (Å²) < 4.78 is 34.6. The molecule has 0 bridgehead atoms. The molecule has 290 valence electrons. The molecule has 14 heteroatoms. The van der Waals surface area contributed by atoms with E-state index in [0.29, 0.717) is 65.4 Å². The number of halogens is 3. The second-order valence-electron chi connectivity index (χ2n) is 14.8. The number of carbonyl (C=O) groups is 2. The minimum Gasteiger partial charge on any atom is -0.367 e. The number of carbonyl (C=O) groups excluding carboxylic acids is 2. The van der Waals surface area contributed by atoms with Gasteiger partial charge in [0.2, 0.25) is 5.91 Å². The highest BCUT2D eigenvalue weighted by atomic mass is 35.5. The third-order valence-electron chi connectivity index (χ3n) is 11.0. The van der Waals surface area contributed by atoms with Crippen molar-refractivity contribution in [2.45, 2.75) is 32.7 Å². The molecule has 3 aromatic heterocycles. The van der Waals surface area contributed by atoms with Gasteiger partial charge in [-0.15, -0.1) is 0 Å². The highest BCUT2D eigenvalue weighted by molar-refractivity contribution is 6.34. The molecule has 1 saturated heterocycles. The summed E-state index contributed by atoms with van der Waals surface area (Å²) in [6, 6.07) is 14.3. The molecule has 0 aliphatic carbocycles. The van der Waals surface area contributed by atoms with Crippen LogP contribution in [-0.4, -0.2) is 111 Å². The SMILES string of the molecule is Cc1[nH]nc2cccc(CCN3CCN(c4cc(Cl)c(-c5cc(C6=CCCN(C(=O)CCn7cccn7)C6)c(F)c6[nH]c(C(=O)N(C)C)cc56)cc4F)CC3)c12. The Labute approximate surface area is 328 Å². The zero-order valence-electron chi connectivity index (χ0n) is 31.7. The van der Waals surface area contributed by atoms with Crippen molar-refractivity contribution in [1.82, 2.24) is 39.7 Å². The van der Waals surface area contributed by atoms with E-state index in [1.807, 2.05) is 30.0 Å². The molecule has 0 saturated carbocycles. The van der Waals surface area contributed by atoms with Crippen LogP contribution in [0.2, 0.25) is 5.02 Å². The normalized spacial score (nSPS) is 15.2. The fraction of sp³-hybridized carbons (Fsp3) is 0.333. The Kier molecular flexibility index (Phi) is 10.4. The fourth-order valence-electron chi connectivity index (χ4n) is 8.02. The molecule has 3 aromatic carbocycles. The van der Waals surface area contributed by atoms with Gasteiger partial charge >= 0.3 is 0 Å². The molecule has 56 heavy (non-hydrogen) atoms. The van der Waals surface area contributed by atoms with Crippen LogP contribution in [0.25, 0.3) is 38.5 Å². The molecular formula is C42H44ClF2N9O2. The Morgan fingerprint density at radius 2 is 1.79 bits per heavy atom. The lowest BCUT2D eigenvalue weighted by molar-refractivity contribution is -0.131. The van der Waals surface area contributed by atoms with Crippen molar-refractivity contribution in [2.24, 2.45) is 0 Å². The first-order chi connectivity index (χ1) is 27.0. The number of piperazine rings is 1. The Hall–Kier alpha value is -5.53. The Morgan fingerprint density at radius 1 is 0.964 bits per heavy atom. The number of benzene rings is 3. The van der Waals surface area contributed by atoms with Crippen LogP contribution >= 0.6 is 11.6 Å². The predicted molar refractivity (Wildman–Crippen MR) is 216 cm³/mol. The van der Waals surface area contributed by atoms with E-state index >= 15 is 8.78 Å². The number of fused-ring (bicyclic) bond motifs is 2. The van der Waals surface area contributed by atoms with Crippen molar-refractivity contribution in [3.63, 3.8) is 0 Å². The lowest BCUT2D eigenvalue weighted by atomic mass is 9.93. The van der Waals surface area contributed by atoms with E-state index in [2.05, 4.69) is 31.2 Å². The number of hydrogen-bond donors (Lipinski definition) is 2. The number of aryl methyl sites for hydroxylation is 2. The third-order valence-corrected chi connectivity index (χ3v) is 11.4. The number of H-pyrrole nitrogens is 2. The first kappa shape index (κ1) is 37.4. The van der Waals surface area contributed by atoms with E-state index < -0.39 is 11.6 Å². The summed E-state index contributed by atoms with van der Waals surface area (Å²) in [4.78, 5) is 36.8. The summed E-state index contributed by atoms with van der Waals surface area (Å²) in [6.45, 7) is 6.88. The number of aromatic nitrogens is 5. The monoisotopic (exact) mass is 779 g/mol. The number of hydrogen-bond acceptors (Lipinski definition) is 6. The molecular weight excluding hydrogens is 736 g/mol. The molecule has 1 fully saturated rings. The van der Waals surface area contributed by atoms with Crippen molar-refractivity contribution in [3.05, 3.63) is 106 Å². The summed E-state index contributed by atoms with van der Waals surface area (Å²) >= 11 is 7.03. The standard InChI is InChI=1S/C42H44ClF2N9O2/c1-26-39-27(7-4-9-35(39)49-48-26)10-15-51-17-19-52(20-18-51)37-24-33(43)31(22-34(37)44)30-21-29(40(45)41-32(30)23-36(47-41)42(56)50(2)3)28-8-5-13-53(25-28)38(55)11-16-54-14-6-12-46-54/h4,6-9,12,14,21-24,47H,5,10-11,13,15-20,25H2,1-3H3,(H,48,49). The summed E-state index contributed by atoms with van der Waals surface area (Å²) in [7, 11) is 3.24. The number of amides is 2. The Balaban J connectivity index is 1.05. The van der Waals surface area contributed by atoms with Gasteiger partial charge in [0.05, 0.1) is 21.7 Å². The lowest BCUT2D eigenvalue weighted by Gasteiger charge is -2.36. The van der Waals surface area contributed by atoms with Gasteiger partial charge in [0.15, 0.2) is 5.82 Å². The molecule has 2 aliphatic heterocycles. The van der Waals surface area contributed by atoms with Crippen LogP contribution in [0.4, 0.5) is 14.5 Å². The van der Waals surface area contributed by atoms with Gasteiger partial charge in [-0.2, -0.15) is 10.2 Å². The number of anilines is 1. The van der Waals surface area contributed by atoms with Crippen molar-refractivity contribution in [3.8, 4) is 11.1 Å². The van der Waals surface area contributed by atoms with Gasteiger partial charge < -0.3 is 19.7 Å². The van der Waals surface area contributed by atoms with Gasteiger partial charge in [-0.25, -0.2) is 8.78 Å². The fourth-order valence-corrected chi connectivity index (χ4v) is 8.28. The molecule has 8 rings (SSSR count). The van der Waals surface area contributed by atoms with E-state index in [9.17, 15) is 9.59 Å². The second kappa shape index (κ2) is 15.5. The van der Waals surface area contributed by atoms with Gasteiger partial charge in [0, 0.05) is 113 Å². The smallest absolute Gasteiger partial charge is 0.269 e. The third kappa shape index (κ3) is 7.28. The number of nitrogens with one attached hydrogen (secondary N) is 2. The van der Waals surface area contributed by atoms with Crippen LogP contribution in [0.1, 0.15) is 40.2 Å². The number of rotatable bonds is 10. The minimum absolute atomic E-state index is 0.0601. The molecule has 0 spiro atoms.